The average Bonchev–Trinajstić information content (AvgIpc) is 3.27. The lowest BCUT2D eigenvalue weighted by atomic mass is 10.1. The van der Waals surface area contributed by atoms with E-state index in [1.807, 2.05) is 19.1 Å². The number of aromatic nitrogens is 3. The first-order valence-corrected chi connectivity index (χ1v) is 12.5. The molecular weight excluding hydrogens is 524 g/mol. The summed E-state index contributed by atoms with van der Waals surface area (Å²) >= 11 is 13.4. The molecule has 0 aliphatic carbocycles. The maximum Gasteiger partial charge on any atom is 0.251 e. The van der Waals surface area contributed by atoms with Gasteiger partial charge < -0.3 is 10.6 Å². The molecule has 184 valence electrons. The number of hydrogen-bond acceptors (Lipinski definition) is 5. The molecule has 0 radical (unpaired) electrons. The Kier molecular flexibility index (Phi) is 8.25. The van der Waals surface area contributed by atoms with Crippen LogP contribution in [0.15, 0.2) is 71.9 Å². The molecule has 36 heavy (non-hydrogen) atoms. The number of carbonyl (C=O) groups is 2. The smallest absolute Gasteiger partial charge is 0.251 e. The molecule has 2 amide bonds. The number of nitrogens with zero attached hydrogens (tertiary/aromatic N) is 3. The summed E-state index contributed by atoms with van der Waals surface area (Å²) in [4.78, 5) is 25.1. The van der Waals surface area contributed by atoms with Crippen molar-refractivity contribution in [3.63, 3.8) is 0 Å². The Morgan fingerprint density at radius 2 is 1.81 bits per heavy atom. The minimum atomic E-state index is -0.526. The van der Waals surface area contributed by atoms with Gasteiger partial charge in [-0.25, -0.2) is 4.39 Å². The van der Waals surface area contributed by atoms with Gasteiger partial charge in [0.15, 0.2) is 11.0 Å². The highest BCUT2D eigenvalue weighted by Crippen LogP contribution is 2.28. The van der Waals surface area contributed by atoms with Crippen molar-refractivity contribution in [1.29, 1.82) is 0 Å². The van der Waals surface area contributed by atoms with E-state index in [0.717, 1.165) is 17.3 Å². The van der Waals surface area contributed by atoms with Crippen molar-refractivity contribution < 1.29 is 14.0 Å². The molecule has 0 unspecified atom stereocenters. The van der Waals surface area contributed by atoms with E-state index in [9.17, 15) is 14.0 Å². The molecule has 0 aliphatic rings. The number of halogens is 3. The van der Waals surface area contributed by atoms with Crippen molar-refractivity contribution in [2.75, 3.05) is 11.1 Å². The van der Waals surface area contributed by atoms with Gasteiger partial charge in [0, 0.05) is 5.56 Å². The van der Waals surface area contributed by atoms with E-state index in [2.05, 4.69) is 20.8 Å². The summed E-state index contributed by atoms with van der Waals surface area (Å²) < 4.78 is 15.5. The Bertz CT molecular complexity index is 1430. The van der Waals surface area contributed by atoms with E-state index in [1.165, 1.54) is 12.1 Å². The normalized spacial score (nSPS) is 10.8. The second-order valence-corrected chi connectivity index (χ2v) is 9.46. The number of rotatable bonds is 8. The fourth-order valence-electron chi connectivity index (χ4n) is 3.32. The molecule has 0 bridgehead atoms. The molecule has 1 aromatic heterocycles. The monoisotopic (exact) mass is 543 g/mol. The van der Waals surface area contributed by atoms with Gasteiger partial charge in [0.2, 0.25) is 5.91 Å². The van der Waals surface area contributed by atoms with Crippen LogP contribution in [0.1, 0.15) is 21.7 Å². The zero-order valence-electron chi connectivity index (χ0n) is 19.0. The Labute approximate surface area is 221 Å². The maximum atomic E-state index is 13.9. The van der Waals surface area contributed by atoms with Gasteiger partial charge in [-0.05, 0) is 49.4 Å². The molecule has 4 aromatic rings. The summed E-state index contributed by atoms with van der Waals surface area (Å²) in [7, 11) is 0. The number of hydrogen-bond donors (Lipinski definition) is 2. The standard InChI is InChI=1S/C25H20Cl2FN5O2S/c1-15-5-4-6-16(11-15)24(35)29-13-22-31-32-25(33(22)17-9-10-18(26)19(27)12-17)36-14-23(34)30-21-8-3-2-7-20(21)28/h2-12H,13-14H2,1H3,(H,29,35)(H,30,34). The molecule has 0 atom stereocenters. The van der Waals surface area contributed by atoms with Crippen LogP contribution in [-0.4, -0.2) is 32.3 Å². The highest BCUT2D eigenvalue weighted by molar-refractivity contribution is 7.99. The van der Waals surface area contributed by atoms with Gasteiger partial charge >= 0.3 is 0 Å². The molecule has 0 spiro atoms. The summed E-state index contributed by atoms with van der Waals surface area (Å²) in [6.07, 6.45) is 0. The van der Waals surface area contributed by atoms with Crippen LogP contribution >= 0.6 is 35.0 Å². The number of thioether (sulfide) groups is 1. The molecule has 2 N–H and O–H groups in total. The van der Waals surface area contributed by atoms with E-state index in [4.69, 9.17) is 23.2 Å². The number of aryl methyl sites for hydroxylation is 1. The first-order chi connectivity index (χ1) is 17.3. The van der Waals surface area contributed by atoms with Gasteiger partial charge in [-0.3, -0.25) is 14.2 Å². The zero-order chi connectivity index (χ0) is 25.7. The molecule has 0 saturated heterocycles. The largest absolute Gasteiger partial charge is 0.345 e. The molecule has 1 heterocycles. The van der Waals surface area contributed by atoms with E-state index >= 15 is 0 Å². The number of nitrogens with one attached hydrogen (secondary N) is 2. The van der Waals surface area contributed by atoms with Crippen LogP contribution < -0.4 is 10.6 Å². The third kappa shape index (κ3) is 6.23. The molecule has 11 heteroatoms. The fraction of sp³-hybridized carbons (Fsp3) is 0.120. The average molecular weight is 544 g/mol. The van der Waals surface area contributed by atoms with Crippen molar-refractivity contribution in [2.45, 2.75) is 18.6 Å². The summed E-state index contributed by atoms with van der Waals surface area (Å²) in [5, 5.41) is 14.9. The van der Waals surface area contributed by atoms with Crippen LogP contribution in [0.25, 0.3) is 5.69 Å². The minimum absolute atomic E-state index is 0.0521. The van der Waals surface area contributed by atoms with Gasteiger partial charge in [0.05, 0.1) is 33.7 Å². The highest BCUT2D eigenvalue weighted by Gasteiger charge is 2.18. The molecule has 0 saturated carbocycles. The maximum absolute atomic E-state index is 13.9. The van der Waals surface area contributed by atoms with Gasteiger partial charge in [0.1, 0.15) is 5.82 Å². The zero-order valence-corrected chi connectivity index (χ0v) is 21.3. The Balaban J connectivity index is 1.54. The van der Waals surface area contributed by atoms with Crippen LogP contribution in [0.5, 0.6) is 0 Å². The van der Waals surface area contributed by atoms with Gasteiger partial charge in [-0.15, -0.1) is 10.2 Å². The highest BCUT2D eigenvalue weighted by atomic mass is 35.5. The lowest BCUT2D eigenvalue weighted by molar-refractivity contribution is -0.113. The Morgan fingerprint density at radius 1 is 1.00 bits per heavy atom. The van der Waals surface area contributed by atoms with Crippen molar-refractivity contribution >= 4 is 52.5 Å². The SMILES string of the molecule is Cc1cccc(C(=O)NCc2nnc(SCC(=O)Nc3ccccc3F)n2-c2ccc(Cl)c(Cl)c2)c1. The Hall–Kier alpha value is -3.40. The molecular formula is C25H20Cl2FN5O2S. The van der Waals surface area contributed by atoms with Crippen molar-refractivity contribution in [3.05, 3.63) is 99.5 Å². The number of benzene rings is 3. The molecule has 0 aliphatic heterocycles. The predicted molar refractivity (Wildman–Crippen MR) is 139 cm³/mol. The van der Waals surface area contributed by atoms with E-state index in [1.54, 1.807) is 47.0 Å². The lowest BCUT2D eigenvalue weighted by Crippen LogP contribution is -2.24. The van der Waals surface area contributed by atoms with Gasteiger partial charge in [0.25, 0.3) is 5.91 Å². The van der Waals surface area contributed by atoms with Crippen molar-refractivity contribution in [1.82, 2.24) is 20.1 Å². The number of para-hydroxylation sites is 1. The fourth-order valence-corrected chi connectivity index (χ4v) is 4.38. The molecule has 4 rings (SSSR count). The molecule has 7 nitrogen and oxygen atoms in total. The van der Waals surface area contributed by atoms with Crippen molar-refractivity contribution in [3.8, 4) is 5.69 Å². The van der Waals surface area contributed by atoms with E-state index < -0.39 is 11.7 Å². The Morgan fingerprint density at radius 3 is 2.56 bits per heavy atom. The first-order valence-electron chi connectivity index (χ1n) is 10.7. The summed E-state index contributed by atoms with van der Waals surface area (Å²) in [6.45, 7) is 1.98. The van der Waals surface area contributed by atoms with Crippen molar-refractivity contribution in [2.24, 2.45) is 0 Å². The third-order valence-corrected chi connectivity index (χ3v) is 6.70. The first kappa shape index (κ1) is 25.7. The molecule has 0 fully saturated rings. The minimum Gasteiger partial charge on any atom is -0.345 e. The van der Waals surface area contributed by atoms with Gasteiger partial charge in [-0.2, -0.15) is 0 Å². The summed E-state index contributed by atoms with van der Waals surface area (Å²) in [6, 6.07) is 18.1. The number of amides is 2. The van der Waals surface area contributed by atoms with Gasteiger partial charge in [-0.1, -0.05) is 64.8 Å². The second-order valence-electron chi connectivity index (χ2n) is 7.70. The summed E-state index contributed by atoms with van der Waals surface area (Å²) in [5.74, 6) is -0.833. The number of carbonyl (C=O) groups excluding carboxylic acids is 2. The predicted octanol–water partition coefficient (Wildman–Crippen LogP) is 5.68. The van der Waals surface area contributed by atoms with Crippen LogP contribution in [0.4, 0.5) is 10.1 Å². The molecule has 3 aromatic carbocycles. The van der Waals surface area contributed by atoms with E-state index in [-0.39, 0.29) is 23.9 Å². The summed E-state index contributed by atoms with van der Waals surface area (Å²) in [5.41, 5.74) is 2.18. The quantitative estimate of drug-likeness (QED) is 0.279. The van der Waals surface area contributed by atoms with Crippen LogP contribution in [0.3, 0.4) is 0 Å². The van der Waals surface area contributed by atoms with Crippen LogP contribution in [0, 0.1) is 12.7 Å². The lowest BCUT2D eigenvalue weighted by Gasteiger charge is -2.12. The van der Waals surface area contributed by atoms with Crippen LogP contribution in [-0.2, 0) is 11.3 Å². The third-order valence-electron chi connectivity index (χ3n) is 5.03. The topological polar surface area (TPSA) is 88.9 Å². The van der Waals surface area contributed by atoms with E-state index in [0.29, 0.717) is 32.3 Å². The second kappa shape index (κ2) is 11.6. The van der Waals surface area contributed by atoms with Crippen LogP contribution in [0.2, 0.25) is 10.0 Å². The number of anilines is 1.